The van der Waals surface area contributed by atoms with Gasteiger partial charge in [-0.05, 0) is 12.1 Å². The Bertz CT molecular complexity index is 780. The summed E-state index contributed by atoms with van der Waals surface area (Å²) in [6.45, 7) is 7.03. The largest absolute Gasteiger partial charge is 1.00 e. The Hall–Kier alpha value is -1.40. The van der Waals surface area contributed by atoms with Gasteiger partial charge in [-0.1, -0.05) is 66.3 Å². The Morgan fingerprint density at radius 3 is 1.96 bits per heavy atom. The van der Waals surface area contributed by atoms with E-state index in [0.717, 1.165) is 0 Å². The normalized spacial score (nSPS) is 11.1. The zero-order chi connectivity index (χ0) is 15.7. The summed E-state index contributed by atoms with van der Waals surface area (Å²) in [5.41, 5.74) is 2.51. The summed E-state index contributed by atoms with van der Waals surface area (Å²) in [5, 5.41) is 2.90. The minimum absolute atomic E-state index is 0. The van der Waals surface area contributed by atoms with Crippen LogP contribution in [0.15, 0.2) is 66.7 Å². The molecule has 0 saturated carbocycles. The second-order valence-corrected chi connectivity index (χ2v) is 10.7. The minimum atomic E-state index is -1.75. The van der Waals surface area contributed by atoms with E-state index in [9.17, 15) is 0 Å². The van der Waals surface area contributed by atoms with Crippen molar-refractivity contribution in [2.75, 3.05) is 0 Å². The molecule has 2 nitrogen and oxygen atoms in total. The molecule has 0 amide bonds. The predicted octanol–water partition coefficient (Wildman–Crippen LogP) is -0.563. The monoisotopic (exact) mass is 434 g/mol. The molecule has 120 valence electrons. The van der Waals surface area contributed by atoms with E-state index in [1.54, 1.807) is 0 Å². The van der Waals surface area contributed by atoms with Crippen LogP contribution in [0.5, 0.6) is 0 Å². The lowest BCUT2D eigenvalue weighted by atomic mass is 10.3. The molecule has 3 aromatic rings. The fraction of sp³-hybridized carbons (Fsp3) is 0.211. The zero-order valence-corrected chi connectivity index (χ0v) is 17.3. The van der Waals surface area contributed by atoms with Crippen LogP contribution in [-0.2, 0) is 7.05 Å². The van der Waals surface area contributed by atoms with Gasteiger partial charge in [0.25, 0.3) is 0 Å². The molecule has 2 aromatic carbocycles. The fourth-order valence-corrected chi connectivity index (χ4v) is 5.70. The quantitative estimate of drug-likeness (QED) is 0.297. The van der Waals surface area contributed by atoms with Gasteiger partial charge in [-0.15, -0.1) is 0 Å². The lowest BCUT2D eigenvalue weighted by Crippen LogP contribution is -3.00. The Morgan fingerprint density at radius 1 is 0.870 bits per heavy atom. The van der Waals surface area contributed by atoms with Crippen LogP contribution >= 0.6 is 0 Å². The smallest absolute Gasteiger partial charge is 0.235 e. The van der Waals surface area contributed by atoms with E-state index in [4.69, 9.17) is 0 Å². The van der Waals surface area contributed by atoms with E-state index < -0.39 is 8.07 Å². The Balaban J connectivity index is 0.00000192. The van der Waals surface area contributed by atoms with Crippen molar-refractivity contribution in [1.29, 1.82) is 0 Å². The van der Waals surface area contributed by atoms with Crippen LogP contribution in [0, 0.1) is 6.92 Å². The van der Waals surface area contributed by atoms with Gasteiger partial charge < -0.3 is 24.0 Å². The standard InChI is InChI=1S/C19H23N2Si.HI/c1-16-15-19(22(3,4)18-13-9-6-10-14-18)21(20(16)2)17-11-7-5-8-12-17;/h5-15H,1-4H3;1H/q+1;/p-1. The lowest BCUT2D eigenvalue weighted by Gasteiger charge is -2.18. The van der Waals surface area contributed by atoms with Gasteiger partial charge in [0.15, 0.2) is 13.4 Å². The summed E-state index contributed by atoms with van der Waals surface area (Å²) in [5.74, 6) is 0. The van der Waals surface area contributed by atoms with Crippen molar-refractivity contribution in [2.45, 2.75) is 20.0 Å². The third kappa shape index (κ3) is 3.28. The number of rotatable bonds is 3. The van der Waals surface area contributed by atoms with Crippen LogP contribution in [-0.4, -0.2) is 12.8 Å². The highest BCUT2D eigenvalue weighted by Gasteiger charge is 2.38. The molecule has 0 spiro atoms. The van der Waals surface area contributed by atoms with E-state index >= 15 is 0 Å². The number of hydrogen-bond donors (Lipinski definition) is 0. The van der Waals surface area contributed by atoms with Gasteiger partial charge in [0.05, 0.1) is 12.7 Å². The van der Waals surface area contributed by atoms with Gasteiger partial charge in [0, 0.05) is 18.2 Å². The van der Waals surface area contributed by atoms with Gasteiger partial charge in [-0.25, -0.2) is 0 Å². The number of halogens is 1. The molecule has 3 rings (SSSR count). The molecular weight excluding hydrogens is 411 g/mol. The number of aryl methyl sites for hydroxylation is 1. The topological polar surface area (TPSA) is 8.81 Å². The van der Waals surface area contributed by atoms with Crippen molar-refractivity contribution in [3.63, 3.8) is 0 Å². The van der Waals surface area contributed by atoms with Crippen molar-refractivity contribution in [2.24, 2.45) is 7.05 Å². The molecule has 0 atom stereocenters. The molecule has 0 N–H and O–H groups in total. The molecular formula is C19H23IN2Si. The number of nitrogens with zero attached hydrogens (tertiary/aromatic N) is 2. The van der Waals surface area contributed by atoms with E-state index in [1.807, 2.05) is 0 Å². The van der Waals surface area contributed by atoms with Gasteiger partial charge >= 0.3 is 0 Å². The first kappa shape index (κ1) is 17.9. The lowest BCUT2D eigenvalue weighted by molar-refractivity contribution is -0.667. The van der Waals surface area contributed by atoms with Crippen molar-refractivity contribution in [3.8, 4) is 5.69 Å². The molecule has 0 saturated heterocycles. The van der Waals surface area contributed by atoms with Crippen LogP contribution < -0.4 is 39.2 Å². The fourth-order valence-electron chi connectivity index (χ4n) is 3.00. The highest BCUT2D eigenvalue weighted by atomic mass is 127. The van der Waals surface area contributed by atoms with E-state index in [0.29, 0.717) is 0 Å². The second-order valence-electron chi connectivity index (χ2n) is 6.33. The van der Waals surface area contributed by atoms with Gasteiger partial charge in [-0.3, -0.25) is 0 Å². The van der Waals surface area contributed by atoms with Gasteiger partial charge in [0.2, 0.25) is 5.69 Å². The summed E-state index contributed by atoms with van der Waals surface area (Å²) in [7, 11) is 0.389. The van der Waals surface area contributed by atoms with Crippen molar-refractivity contribution in [3.05, 3.63) is 72.4 Å². The summed E-state index contributed by atoms with van der Waals surface area (Å²) < 4.78 is 4.62. The number of hydrogen-bond acceptors (Lipinski definition) is 0. The van der Waals surface area contributed by atoms with Crippen LogP contribution in [0.4, 0.5) is 0 Å². The highest BCUT2D eigenvalue weighted by molar-refractivity contribution is 6.99. The molecule has 4 heteroatoms. The molecule has 1 heterocycles. The third-order valence-electron chi connectivity index (χ3n) is 4.52. The second kappa shape index (κ2) is 7.01. The zero-order valence-electron chi connectivity index (χ0n) is 14.1. The van der Waals surface area contributed by atoms with Crippen molar-refractivity contribution < 1.29 is 28.7 Å². The summed E-state index contributed by atoms with van der Waals surface area (Å²) in [6, 6.07) is 23.9. The van der Waals surface area contributed by atoms with Crippen LogP contribution in [0.3, 0.4) is 0 Å². The summed E-state index contributed by atoms with van der Waals surface area (Å²) in [4.78, 5) is 0. The molecule has 0 aliphatic rings. The highest BCUT2D eigenvalue weighted by Crippen LogP contribution is 2.07. The molecule has 0 radical (unpaired) electrons. The molecule has 23 heavy (non-hydrogen) atoms. The Labute approximate surface area is 156 Å². The summed E-state index contributed by atoms with van der Waals surface area (Å²) >= 11 is 0. The number of para-hydroxylation sites is 1. The molecule has 0 aliphatic carbocycles. The van der Waals surface area contributed by atoms with Crippen molar-refractivity contribution >= 4 is 18.6 Å². The average molecular weight is 434 g/mol. The molecule has 0 bridgehead atoms. The number of benzene rings is 2. The maximum atomic E-state index is 2.43. The van der Waals surface area contributed by atoms with Gasteiger partial charge in [0.1, 0.15) is 0 Å². The molecule has 0 aliphatic heterocycles. The molecule has 0 fully saturated rings. The minimum Gasteiger partial charge on any atom is -1.00 e. The Kier molecular flexibility index (Phi) is 5.47. The molecule has 1 aromatic heterocycles. The van der Waals surface area contributed by atoms with E-state index in [2.05, 4.69) is 103 Å². The Morgan fingerprint density at radius 2 is 1.39 bits per heavy atom. The van der Waals surface area contributed by atoms with Crippen LogP contribution in [0.1, 0.15) is 5.69 Å². The first-order valence-corrected chi connectivity index (χ1v) is 10.7. The average Bonchev–Trinajstić information content (AvgIpc) is 2.85. The van der Waals surface area contributed by atoms with Crippen LogP contribution in [0.25, 0.3) is 5.69 Å². The maximum Gasteiger partial charge on any atom is 0.235 e. The molecule has 0 unspecified atom stereocenters. The SMILES string of the molecule is Cc1cc([Si](C)(C)c2ccccc2)[n+](-c2ccccc2)n1C.[I-]. The number of aromatic nitrogens is 2. The summed E-state index contributed by atoms with van der Waals surface area (Å²) in [6.07, 6.45) is 0. The maximum absolute atomic E-state index is 2.43. The van der Waals surface area contributed by atoms with E-state index in [1.165, 1.54) is 21.9 Å². The third-order valence-corrected chi connectivity index (χ3v) is 7.93. The van der Waals surface area contributed by atoms with Gasteiger partial charge in [-0.2, -0.15) is 4.68 Å². The first-order valence-electron chi connectivity index (χ1n) is 7.72. The first-order chi connectivity index (χ1) is 10.5. The van der Waals surface area contributed by atoms with Crippen LogP contribution in [0.2, 0.25) is 13.1 Å². The predicted molar refractivity (Wildman–Crippen MR) is 94.9 cm³/mol. The van der Waals surface area contributed by atoms with Crippen molar-refractivity contribution in [1.82, 2.24) is 4.68 Å². The van der Waals surface area contributed by atoms with E-state index in [-0.39, 0.29) is 24.0 Å².